The number of nitrogen functional groups attached to an aromatic ring is 1. The van der Waals surface area contributed by atoms with Gasteiger partial charge in [0.25, 0.3) is 5.56 Å². The number of nitrogens with one attached hydrogen (secondary N) is 1. The summed E-state index contributed by atoms with van der Waals surface area (Å²) in [7, 11) is 0. The first-order valence-electron chi connectivity index (χ1n) is 5.02. The van der Waals surface area contributed by atoms with Crippen LogP contribution < -0.4 is 11.3 Å². The average Bonchev–Trinajstić information content (AvgIpc) is 2.35. The van der Waals surface area contributed by atoms with Gasteiger partial charge in [-0.2, -0.15) is 5.26 Å². The van der Waals surface area contributed by atoms with Crippen molar-refractivity contribution in [1.29, 1.82) is 5.26 Å². The first-order valence-corrected chi connectivity index (χ1v) is 6.01. The Morgan fingerprint density at radius 2 is 2.39 bits per heavy atom. The Labute approximate surface area is 107 Å². The molecule has 0 aliphatic rings. The minimum absolute atomic E-state index is 0.174. The summed E-state index contributed by atoms with van der Waals surface area (Å²) in [6, 6.07) is 6.79. The summed E-state index contributed by atoms with van der Waals surface area (Å²) in [6.45, 7) is 0. The quantitative estimate of drug-likeness (QED) is 0.626. The van der Waals surface area contributed by atoms with Crippen molar-refractivity contribution in [3.63, 3.8) is 0 Å². The summed E-state index contributed by atoms with van der Waals surface area (Å²) in [6.07, 6.45) is 1.56. The van der Waals surface area contributed by atoms with Gasteiger partial charge in [0.1, 0.15) is 17.6 Å². The summed E-state index contributed by atoms with van der Waals surface area (Å²) < 4.78 is 0. The molecular weight excluding hydrogens is 250 g/mol. The minimum Gasteiger partial charge on any atom is -0.383 e. The van der Waals surface area contributed by atoms with Crippen LogP contribution >= 0.6 is 11.8 Å². The van der Waals surface area contributed by atoms with E-state index in [0.717, 1.165) is 5.56 Å². The highest BCUT2D eigenvalue weighted by molar-refractivity contribution is 7.98. The SMILES string of the molecule is N#Cc1ncccc1CSc1nc(N)cc(=O)[nH]1. The number of H-pyrrole nitrogens is 1. The number of nitriles is 1. The number of aromatic amines is 1. The number of nitrogens with two attached hydrogens (primary N) is 1. The molecule has 90 valence electrons. The van der Waals surface area contributed by atoms with E-state index in [2.05, 4.69) is 15.0 Å². The van der Waals surface area contributed by atoms with Gasteiger partial charge < -0.3 is 10.7 Å². The third-order valence-electron chi connectivity index (χ3n) is 2.10. The second kappa shape index (κ2) is 5.33. The monoisotopic (exact) mass is 259 g/mol. The van der Waals surface area contributed by atoms with Gasteiger partial charge in [0, 0.05) is 18.0 Å². The molecular formula is C11H9N5OS. The molecule has 6 nitrogen and oxygen atoms in total. The number of thioether (sulfide) groups is 1. The van der Waals surface area contributed by atoms with Gasteiger partial charge in [-0.1, -0.05) is 17.8 Å². The predicted octanol–water partition coefficient (Wildman–Crippen LogP) is 0.911. The van der Waals surface area contributed by atoms with Crippen molar-refractivity contribution in [1.82, 2.24) is 15.0 Å². The van der Waals surface area contributed by atoms with Crippen LogP contribution in [0.15, 0.2) is 34.3 Å². The molecule has 2 rings (SSSR count). The Kier molecular flexibility index (Phi) is 3.60. The summed E-state index contributed by atoms with van der Waals surface area (Å²) in [4.78, 5) is 21.7. The molecule has 0 atom stereocenters. The van der Waals surface area contributed by atoms with Crippen molar-refractivity contribution in [3.8, 4) is 6.07 Å². The van der Waals surface area contributed by atoms with Crippen LogP contribution in [0.5, 0.6) is 0 Å². The first kappa shape index (κ1) is 12.1. The molecule has 0 amide bonds. The molecule has 0 aliphatic carbocycles. The Hall–Kier alpha value is -2.33. The predicted molar refractivity (Wildman–Crippen MR) is 67.8 cm³/mol. The summed E-state index contributed by atoms with van der Waals surface area (Å²) in [5.41, 5.74) is 6.34. The van der Waals surface area contributed by atoms with Gasteiger partial charge in [-0.05, 0) is 11.6 Å². The third kappa shape index (κ3) is 2.87. The molecule has 7 heteroatoms. The van der Waals surface area contributed by atoms with Crippen LogP contribution in [0.4, 0.5) is 5.82 Å². The van der Waals surface area contributed by atoms with Gasteiger partial charge in [-0.3, -0.25) is 4.79 Å². The zero-order chi connectivity index (χ0) is 13.0. The summed E-state index contributed by atoms with van der Waals surface area (Å²) >= 11 is 1.29. The summed E-state index contributed by atoms with van der Waals surface area (Å²) in [5, 5.41) is 9.31. The van der Waals surface area contributed by atoms with Crippen molar-refractivity contribution in [2.24, 2.45) is 0 Å². The molecule has 0 aromatic carbocycles. The number of hydrogen-bond donors (Lipinski definition) is 2. The lowest BCUT2D eigenvalue weighted by molar-refractivity contribution is 0.944. The molecule has 0 unspecified atom stereocenters. The molecule has 2 aromatic rings. The molecule has 0 fully saturated rings. The highest BCUT2D eigenvalue weighted by atomic mass is 32.2. The lowest BCUT2D eigenvalue weighted by Gasteiger charge is -2.02. The molecule has 0 radical (unpaired) electrons. The Morgan fingerprint density at radius 3 is 3.11 bits per heavy atom. The molecule has 0 aliphatic heterocycles. The second-order valence-corrected chi connectivity index (χ2v) is 4.35. The fourth-order valence-corrected chi connectivity index (χ4v) is 2.19. The van der Waals surface area contributed by atoms with Crippen LogP contribution in [0, 0.1) is 11.3 Å². The van der Waals surface area contributed by atoms with Crippen molar-refractivity contribution in [2.75, 3.05) is 5.73 Å². The van der Waals surface area contributed by atoms with Gasteiger partial charge in [0.15, 0.2) is 5.16 Å². The summed E-state index contributed by atoms with van der Waals surface area (Å²) in [5.74, 6) is 0.663. The van der Waals surface area contributed by atoms with Crippen LogP contribution in [0.3, 0.4) is 0 Å². The number of hydrogen-bond acceptors (Lipinski definition) is 6. The van der Waals surface area contributed by atoms with E-state index in [9.17, 15) is 4.79 Å². The molecule has 0 saturated heterocycles. The molecule has 0 bridgehead atoms. The Bertz CT molecular complexity index is 661. The highest BCUT2D eigenvalue weighted by Gasteiger charge is 2.05. The standard InChI is InChI=1S/C11H9N5OS/c12-5-8-7(2-1-3-14-8)6-18-11-15-9(13)4-10(17)16-11/h1-4H,6H2,(H3,13,15,16,17). The maximum Gasteiger partial charge on any atom is 0.253 e. The second-order valence-electron chi connectivity index (χ2n) is 3.39. The van der Waals surface area contributed by atoms with Crippen LogP contribution in [0.2, 0.25) is 0 Å². The number of pyridine rings is 1. The molecule has 3 N–H and O–H groups in total. The van der Waals surface area contributed by atoms with Gasteiger partial charge in [-0.15, -0.1) is 0 Å². The minimum atomic E-state index is -0.295. The van der Waals surface area contributed by atoms with Crippen molar-refractivity contribution in [3.05, 3.63) is 46.0 Å². The topological polar surface area (TPSA) is 108 Å². The van der Waals surface area contributed by atoms with Gasteiger partial charge in [-0.25, -0.2) is 9.97 Å². The molecule has 0 spiro atoms. The maximum atomic E-state index is 11.2. The smallest absolute Gasteiger partial charge is 0.253 e. The molecule has 2 heterocycles. The third-order valence-corrected chi connectivity index (χ3v) is 3.02. The Balaban J connectivity index is 2.17. The van der Waals surface area contributed by atoms with E-state index in [1.54, 1.807) is 12.3 Å². The van der Waals surface area contributed by atoms with E-state index in [0.29, 0.717) is 16.6 Å². The molecule has 18 heavy (non-hydrogen) atoms. The largest absolute Gasteiger partial charge is 0.383 e. The zero-order valence-corrected chi connectivity index (χ0v) is 10.1. The van der Waals surface area contributed by atoms with Gasteiger partial charge in [0.2, 0.25) is 0 Å². The Morgan fingerprint density at radius 1 is 1.56 bits per heavy atom. The first-order chi connectivity index (χ1) is 8.69. The number of aromatic nitrogens is 3. The lowest BCUT2D eigenvalue weighted by Crippen LogP contribution is -2.09. The van der Waals surface area contributed by atoms with Crippen molar-refractivity contribution < 1.29 is 0 Å². The van der Waals surface area contributed by atoms with Crippen molar-refractivity contribution >= 4 is 17.6 Å². The van der Waals surface area contributed by atoms with E-state index in [-0.39, 0.29) is 11.4 Å². The van der Waals surface area contributed by atoms with Crippen LogP contribution in [-0.2, 0) is 5.75 Å². The van der Waals surface area contributed by atoms with E-state index >= 15 is 0 Å². The normalized spacial score (nSPS) is 9.94. The number of rotatable bonds is 3. The maximum absolute atomic E-state index is 11.2. The van der Waals surface area contributed by atoms with Crippen LogP contribution in [0.25, 0.3) is 0 Å². The van der Waals surface area contributed by atoms with Crippen LogP contribution in [-0.4, -0.2) is 15.0 Å². The van der Waals surface area contributed by atoms with E-state index in [1.807, 2.05) is 12.1 Å². The van der Waals surface area contributed by atoms with Crippen LogP contribution in [0.1, 0.15) is 11.3 Å². The van der Waals surface area contributed by atoms with Gasteiger partial charge in [0.05, 0.1) is 0 Å². The fraction of sp³-hybridized carbons (Fsp3) is 0.0909. The van der Waals surface area contributed by atoms with E-state index < -0.39 is 0 Å². The zero-order valence-electron chi connectivity index (χ0n) is 9.25. The molecule has 0 saturated carbocycles. The van der Waals surface area contributed by atoms with E-state index in [1.165, 1.54) is 17.8 Å². The van der Waals surface area contributed by atoms with Gasteiger partial charge >= 0.3 is 0 Å². The fourth-order valence-electron chi connectivity index (χ4n) is 1.32. The van der Waals surface area contributed by atoms with Crippen molar-refractivity contribution in [2.45, 2.75) is 10.9 Å². The average molecular weight is 259 g/mol. The molecule has 2 aromatic heterocycles. The lowest BCUT2D eigenvalue weighted by atomic mass is 10.2. The number of nitrogens with zero attached hydrogens (tertiary/aromatic N) is 3. The highest BCUT2D eigenvalue weighted by Crippen LogP contribution is 2.19. The van der Waals surface area contributed by atoms with E-state index in [4.69, 9.17) is 11.0 Å². The number of anilines is 1.